The Morgan fingerprint density at radius 2 is 1.10 bits per heavy atom. The Kier molecular flexibility index (Phi) is 6.23. The monoisotopic (exact) mass is 549 g/mol. The van der Waals surface area contributed by atoms with E-state index in [1.807, 2.05) is 0 Å². The van der Waals surface area contributed by atoms with Gasteiger partial charge in [-0.1, -0.05) is 71.1 Å². The average Bonchev–Trinajstić information content (AvgIpc) is 3.82. The van der Waals surface area contributed by atoms with Crippen LogP contribution in [-0.4, -0.2) is 61.8 Å². The molecule has 2 aromatic carbocycles. The summed E-state index contributed by atoms with van der Waals surface area (Å²) in [5.41, 5.74) is 19.7. The van der Waals surface area contributed by atoms with Crippen molar-refractivity contribution in [3.8, 4) is 45.3 Å². The van der Waals surface area contributed by atoms with Gasteiger partial charge in [-0.2, -0.15) is 9.36 Å². The predicted molar refractivity (Wildman–Crippen MR) is 135 cm³/mol. The first-order valence-corrected chi connectivity index (χ1v) is 11.3. The summed E-state index contributed by atoms with van der Waals surface area (Å²) in [6.07, 6.45) is 0. The zero-order valence-electron chi connectivity index (χ0n) is 20.1. The second-order valence-corrected chi connectivity index (χ2v) is 7.78. The topological polar surface area (TPSA) is 269 Å². The van der Waals surface area contributed by atoms with Crippen molar-refractivity contribution >= 4 is 17.6 Å². The van der Waals surface area contributed by atoms with Crippen LogP contribution < -0.4 is 0 Å². The molecule has 0 spiro atoms. The molecular weight excluding hydrogens is 538 g/mol. The van der Waals surface area contributed by atoms with Crippen molar-refractivity contribution in [1.82, 2.24) is 50.6 Å². The fourth-order valence-corrected chi connectivity index (χ4v) is 3.91. The van der Waals surface area contributed by atoms with Crippen molar-refractivity contribution in [1.29, 1.82) is 0 Å². The van der Waals surface area contributed by atoms with Crippen LogP contribution in [0.3, 0.4) is 0 Å². The molecule has 6 rings (SSSR count). The van der Waals surface area contributed by atoms with E-state index in [-0.39, 0.29) is 45.8 Å². The van der Waals surface area contributed by atoms with Gasteiger partial charge >= 0.3 is 0 Å². The lowest BCUT2D eigenvalue weighted by molar-refractivity contribution is 0.308. The van der Waals surface area contributed by atoms with Gasteiger partial charge in [-0.05, 0) is 47.1 Å². The van der Waals surface area contributed by atoms with Crippen LogP contribution >= 0.6 is 0 Å². The first-order chi connectivity index (χ1) is 20.2. The van der Waals surface area contributed by atoms with Crippen LogP contribution in [0, 0.1) is 0 Å². The van der Waals surface area contributed by atoms with Crippen LogP contribution in [0.4, 0.5) is 11.6 Å². The maximum Gasteiger partial charge on any atom is 0.292 e. The minimum atomic E-state index is -0.399. The van der Waals surface area contributed by atoms with Crippen LogP contribution in [0.25, 0.3) is 66.2 Å². The molecule has 0 unspecified atom stereocenters. The Hall–Kier alpha value is -6.91. The molecule has 0 amide bonds. The Balaban J connectivity index is 1.63. The summed E-state index contributed by atoms with van der Waals surface area (Å²) in [4.78, 5) is 5.51. The largest absolute Gasteiger partial charge is 0.408 e. The number of oxime groups is 1. The summed E-state index contributed by atoms with van der Waals surface area (Å²) in [6, 6.07) is 17.7. The molecule has 0 saturated heterocycles. The molecular formula is C21H11N17O3. The molecule has 0 atom stereocenters. The van der Waals surface area contributed by atoms with E-state index in [1.165, 1.54) is 0 Å². The smallest absolute Gasteiger partial charge is 0.292 e. The van der Waals surface area contributed by atoms with Gasteiger partial charge in [0, 0.05) is 21.0 Å². The zero-order chi connectivity index (χ0) is 28.2. The number of azide groups is 2. The Morgan fingerprint density at radius 3 is 1.49 bits per heavy atom. The number of hydrogen-bond acceptors (Lipinski definition) is 14. The van der Waals surface area contributed by atoms with Crippen LogP contribution in [0.5, 0.6) is 0 Å². The average molecular weight is 549 g/mol. The second kappa shape index (κ2) is 10.5. The predicted octanol–water partition coefficient (Wildman–Crippen LogP) is 4.33. The highest BCUT2D eigenvalue weighted by molar-refractivity contribution is 5.95. The van der Waals surface area contributed by atoms with Crippen LogP contribution in [0.1, 0.15) is 0 Å². The third kappa shape index (κ3) is 4.22. The summed E-state index contributed by atoms with van der Waals surface area (Å²) in [5.74, 6) is -0.870. The molecule has 1 N–H and O–H groups in total. The highest BCUT2D eigenvalue weighted by atomic mass is 16.6. The fraction of sp³-hybridized carbons (Fsp3) is 0. The highest BCUT2D eigenvalue weighted by Crippen LogP contribution is 2.37. The minimum absolute atomic E-state index is 0.0592. The summed E-state index contributed by atoms with van der Waals surface area (Å²) >= 11 is 0. The first kappa shape index (κ1) is 24.4. The fourth-order valence-electron chi connectivity index (χ4n) is 3.91. The minimum Gasteiger partial charge on any atom is -0.408 e. The van der Waals surface area contributed by atoms with Crippen LogP contribution in [0.2, 0.25) is 0 Å². The van der Waals surface area contributed by atoms with Crippen LogP contribution in [-0.2, 0) is 0 Å². The molecule has 4 heterocycles. The first-order valence-electron chi connectivity index (χ1n) is 11.3. The van der Waals surface area contributed by atoms with Gasteiger partial charge in [0.15, 0.2) is 11.4 Å². The second-order valence-electron chi connectivity index (χ2n) is 7.78. The van der Waals surface area contributed by atoms with E-state index in [0.29, 0.717) is 11.1 Å². The third-order valence-corrected chi connectivity index (χ3v) is 5.57. The molecule has 20 heteroatoms. The van der Waals surface area contributed by atoms with E-state index in [1.54, 1.807) is 60.7 Å². The van der Waals surface area contributed by atoms with Crippen molar-refractivity contribution in [3.05, 3.63) is 81.5 Å². The molecule has 20 nitrogen and oxygen atoms in total. The maximum atomic E-state index is 10.3. The van der Waals surface area contributed by atoms with E-state index in [2.05, 4.69) is 66.5 Å². The van der Waals surface area contributed by atoms with Gasteiger partial charge in [0.1, 0.15) is 22.8 Å². The number of hydrogen-bond donors (Lipinski definition) is 1. The zero-order valence-corrected chi connectivity index (χ0v) is 20.1. The lowest BCUT2D eigenvalue weighted by Crippen LogP contribution is -2.26. The van der Waals surface area contributed by atoms with Crippen molar-refractivity contribution in [3.63, 3.8) is 0 Å². The van der Waals surface area contributed by atoms with E-state index >= 15 is 0 Å². The molecule has 41 heavy (non-hydrogen) atoms. The van der Waals surface area contributed by atoms with Gasteiger partial charge in [0.05, 0.1) is 0 Å². The number of nitrogens with zero attached hydrogens (tertiary/aromatic N) is 17. The molecule has 0 fully saturated rings. The molecule has 0 radical (unpaired) electrons. The van der Waals surface area contributed by atoms with Crippen molar-refractivity contribution in [2.75, 3.05) is 0 Å². The van der Waals surface area contributed by atoms with E-state index in [4.69, 9.17) is 20.3 Å². The molecule has 4 aromatic heterocycles. The van der Waals surface area contributed by atoms with Crippen molar-refractivity contribution < 1.29 is 14.5 Å². The lowest BCUT2D eigenvalue weighted by atomic mass is 10.1. The Bertz CT molecular complexity index is 1840. The third-order valence-electron chi connectivity index (χ3n) is 5.57. The summed E-state index contributed by atoms with van der Waals surface area (Å²) in [5, 5.41) is 52.6. The summed E-state index contributed by atoms with van der Waals surface area (Å²) < 4.78 is 11.7. The normalized spacial score (nSPS) is 10.5. The number of aromatic nitrogens is 10. The van der Waals surface area contributed by atoms with Gasteiger partial charge < -0.3 is 5.21 Å². The highest BCUT2D eigenvalue weighted by Gasteiger charge is 2.31. The van der Waals surface area contributed by atoms with E-state index in [0.717, 1.165) is 9.36 Å². The quantitative estimate of drug-likeness (QED) is 0.0580. The number of rotatable bonds is 6. The van der Waals surface area contributed by atoms with Crippen LogP contribution in [0.15, 0.2) is 85.3 Å². The standard InChI is InChI=1S/C21H11N17O3/c22-33-26-19-15(29-40-31-19)17-13(11-7-3-1-4-8-11)24-35-37(17)21(28-39)38-18(16-20(27-34-23)32-41-30-16)14(25-36-38)12-9-5-2-6-10-12/h1-10,39H. The molecule has 0 bridgehead atoms. The van der Waals surface area contributed by atoms with Crippen molar-refractivity contribution in [2.24, 2.45) is 15.4 Å². The maximum absolute atomic E-state index is 10.3. The summed E-state index contributed by atoms with van der Waals surface area (Å²) in [7, 11) is 0. The molecule has 0 saturated carbocycles. The van der Waals surface area contributed by atoms with E-state index in [9.17, 15) is 5.21 Å². The molecule has 0 aliphatic heterocycles. The molecule has 0 aliphatic carbocycles. The van der Waals surface area contributed by atoms with Gasteiger partial charge in [-0.15, -0.1) is 10.2 Å². The van der Waals surface area contributed by atoms with Gasteiger partial charge in [-0.25, -0.2) is 9.26 Å². The van der Waals surface area contributed by atoms with Gasteiger partial charge in [-0.3, -0.25) is 0 Å². The molecule has 0 aliphatic rings. The summed E-state index contributed by atoms with van der Waals surface area (Å²) in [6.45, 7) is 0. The number of benzene rings is 2. The Labute approximate surface area is 225 Å². The van der Waals surface area contributed by atoms with E-state index < -0.39 is 5.96 Å². The SMILES string of the molecule is [N-]=[N+]=Nc1nonc1-c1c(-c2ccccc2)nnn1C(=NO)n1nnc(-c2ccccc2)c1-c1nonc1N=[N+]=[N-]. The molecule has 6 aromatic rings. The van der Waals surface area contributed by atoms with Gasteiger partial charge in [0.2, 0.25) is 11.6 Å². The van der Waals surface area contributed by atoms with Gasteiger partial charge in [0.25, 0.3) is 5.96 Å². The molecule has 198 valence electrons. The van der Waals surface area contributed by atoms with Crippen molar-refractivity contribution in [2.45, 2.75) is 0 Å². The lowest BCUT2D eigenvalue weighted by Gasteiger charge is -2.10. The Morgan fingerprint density at radius 1 is 0.659 bits per heavy atom.